The van der Waals surface area contributed by atoms with E-state index in [0.29, 0.717) is 0 Å². The van der Waals surface area contributed by atoms with E-state index in [-0.39, 0.29) is 14.1 Å². The lowest BCUT2D eigenvalue weighted by molar-refractivity contribution is 0.397. The van der Waals surface area contributed by atoms with Gasteiger partial charge in [-0.25, -0.2) is 0 Å². The van der Waals surface area contributed by atoms with Crippen LogP contribution in [0.1, 0.15) is 64.2 Å². The summed E-state index contributed by atoms with van der Waals surface area (Å²) in [6, 6.07) is 15.3. The number of hydrogen-bond donors (Lipinski definition) is 0. The average molecular weight is 425 g/mol. The van der Waals surface area contributed by atoms with Crippen LogP contribution in [0.25, 0.3) is 11.1 Å². The van der Waals surface area contributed by atoms with Gasteiger partial charge in [-0.05, 0) is 60.0 Å². The second-order valence-electron chi connectivity index (χ2n) is 8.55. The molecule has 3 radical (unpaired) electrons. The molecule has 0 heterocycles. The number of hydrogen-bond acceptors (Lipinski definition) is 2. The van der Waals surface area contributed by atoms with Gasteiger partial charge < -0.3 is 9.47 Å². The van der Waals surface area contributed by atoms with Crippen molar-refractivity contribution in [2.45, 2.75) is 75.5 Å². The first-order valence-corrected chi connectivity index (χ1v) is 12.9. The van der Waals surface area contributed by atoms with Gasteiger partial charge in [-0.2, -0.15) is 0 Å². The van der Waals surface area contributed by atoms with Crippen LogP contribution in [0.3, 0.4) is 0 Å². The van der Waals surface area contributed by atoms with Gasteiger partial charge in [0.2, 0.25) is 0 Å². The second kappa shape index (κ2) is 11.2. The Balaban J connectivity index is 0.00000256. The minimum absolute atomic E-state index is 0. The Kier molecular flexibility index (Phi) is 8.60. The fourth-order valence-electron chi connectivity index (χ4n) is 5.44. The normalized spacial score (nSPS) is 18.1. The lowest BCUT2D eigenvalue weighted by Gasteiger charge is -2.39. The van der Waals surface area contributed by atoms with E-state index in [4.69, 9.17) is 9.47 Å². The van der Waals surface area contributed by atoms with Crippen molar-refractivity contribution in [3.8, 4) is 22.6 Å². The molecule has 2 saturated carbocycles. The summed E-state index contributed by atoms with van der Waals surface area (Å²) >= 11 is 0. The van der Waals surface area contributed by atoms with Crippen LogP contribution in [-0.4, -0.2) is 25.5 Å². The van der Waals surface area contributed by atoms with Gasteiger partial charge in [-0.15, -0.1) is 0 Å². The standard InChI is InChI=1S/C26H35O2P.N/c1-27-23-17-11-18-24(28-2)26(23)22-16-9-10-19-25(22)29(20-12-5-3-6-13-20)21-14-7-4-8-15-21;/h9-11,16-21H,3-8,12-15H2,1-2H3;. The highest BCUT2D eigenvalue weighted by Gasteiger charge is 2.34. The molecule has 4 rings (SSSR count). The minimum atomic E-state index is -0.182. The Morgan fingerprint density at radius 2 is 1.17 bits per heavy atom. The van der Waals surface area contributed by atoms with Gasteiger partial charge in [-0.3, -0.25) is 0 Å². The molecule has 3 nitrogen and oxygen atoms in total. The third kappa shape index (κ3) is 4.84. The molecule has 2 aromatic carbocycles. The lowest BCUT2D eigenvalue weighted by atomic mass is 9.99. The van der Waals surface area contributed by atoms with E-state index < -0.39 is 0 Å². The molecule has 0 unspecified atom stereocenters. The van der Waals surface area contributed by atoms with Gasteiger partial charge in [0.05, 0.1) is 19.8 Å². The van der Waals surface area contributed by atoms with Crippen molar-refractivity contribution >= 4 is 13.2 Å². The zero-order chi connectivity index (χ0) is 20.1. The molecule has 4 heteroatoms. The third-order valence-electron chi connectivity index (χ3n) is 6.82. The van der Waals surface area contributed by atoms with Crippen molar-refractivity contribution in [3.63, 3.8) is 0 Å². The van der Waals surface area contributed by atoms with Crippen molar-refractivity contribution in [1.29, 1.82) is 0 Å². The maximum absolute atomic E-state index is 5.80. The monoisotopic (exact) mass is 424 g/mol. The van der Waals surface area contributed by atoms with Gasteiger partial charge in [0.1, 0.15) is 11.5 Å². The molecule has 0 aliphatic heterocycles. The van der Waals surface area contributed by atoms with E-state index in [1.54, 1.807) is 19.5 Å². The molecular weight excluding hydrogens is 389 g/mol. The van der Waals surface area contributed by atoms with Crippen LogP contribution in [0, 0.1) is 0 Å². The average Bonchev–Trinajstić information content (AvgIpc) is 2.80. The minimum Gasteiger partial charge on any atom is -0.496 e. The molecule has 0 aromatic heterocycles. The lowest BCUT2D eigenvalue weighted by Crippen LogP contribution is -2.27. The largest absolute Gasteiger partial charge is 0.496 e. The third-order valence-corrected chi connectivity index (χ3v) is 10.4. The maximum atomic E-state index is 5.80. The summed E-state index contributed by atoms with van der Waals surface area (Å²) < 4.78 is 11.6. The summed E-state index contributed by atoms with van der Waals surface area (Å²) in [6.45, 7) is 0. The molecule has 2 aliphatic carbocycles. The van der Waals surface area contributed by atoms with E-state index in [9.17, 15) is 0 Å². The molecule has 0 atom stereocenters. The van der Waals surface area contributed by atoms with Crippen LogP contribution >= 0.6 is 7.92 Å². The summed E-state index contributed by atoms with van der Waals surface area (Å²) in [4.78, 5) is 0. The molecule has 0 N–H and O–H groups in total. The van der Waals surface area contributed by atoms with E-state index in [2.05, 4.69) is 36.4 Å². The van der Waals surface area contributed by atoms with Crippen LogP contribution in [0.15, 0.2) is 42.5 Å². The highest BCUT2D eigenvalue weighted by Crippen LogP contribution is 2.57. The first kappa shape index (κ1) is 23.1. The van der Waals surface area contributed by atoms with Crippen molar-refractivity contribution < 1.29 is 9.47 Å². The molecule has 0 spiro atoms. The van der Waals surface area contributed by atoms with Gasteiger partial charge >= 0.3 is 0 Å². The Morgan fingerprint density at radius 3 is 1.67 bits per heavy atom. The number of methoxy groups -OCH3 is 2. The smallest absolute Gasteiger partial charge is 0.130 e. The molecule has 30 heavy (non-hydrogen) atoms. The summed E-state index contributed by atoms with van der Waals surface area (Å²) in [5, 5.41) is 1.59. The Hall–Kier alpha value is -1.57. The Morgan fingerprint density at radius 1 is 0.667 bits per heavy atom. The number of rotatable bonds is 6. The molecular formula is C26H35NO2P. The van der Waals surface area contributed by atoms with Crippen LogP contribution in [-0.2, 0) is 0 Å². The molecule has 161 valence electrons. The van der Waals surface area contributed by atoms with E-state index >= 15 is 0 Å². The SMILES string of the molecule is COc1cccc(OC)c1-c1ccccc1P(C1CCCCC1)C1CCCCC1.[N]. The van der Waals surface area contributed by atoms with Gasteiger partial charge in [0.25, 0.3) is 0 Å². The number of nitrogens with zero attached hydrogens (tertiary/aromatic N) is 1. The van der Waals surface area contributed by atoms with Crippen LogP contribution < -0.4 is 20.9 Å². The molecule has 0 saturated heterocycles. The summed E-state index contributed by atoms with van der Waals surface area (Å²) in [6.07, 6.45) is 14.2. The molecule has 0 bridgehead atoms. The van der Waals surface area contributed by atoms with Crippen LogP contribution in [0.2, 0.25) is 0 Å². The van der Waals surface area contributed by atoms with E-state index in [0.717, 1.165) is 28.4 Å². The van der Waals surface area contributed by atoms with Crippen molar-refractivity contribution in [2.24, 2.45) is 0 Å². The molecule has 2 fully saturated rings. The zero-order valence-corrected chi connectivity index (χ0v) is 19.4. The summed E-state index contributed by atoms with van der Waals surface area (Å²) in [5.41, 5.74) is 4.23. The van der Waals surface area contributed by atoms with Crippen LogP contribution in [0.5, 0.6) is 11.5 Å². The predicted octanol–water partition coefficient (Wildman–Crippen LogP) is 6.66. The van der Waals surface area contributed by atoms with Gasteiger partial charge in [-0.1, -0.05) is 76.8 Å². The first-order chi connectivity index (χ1) is 14.3. The second-order valence-corrected chi connectivity index (χ2v) is 11.3. The first-order valence-electron chi connectivity index (χ1n) is 11.4. The van der Waals surface area contributed by atoms with E-state index in [1.165, 1.54) is 69.8 Å². The fourth-order valence-corrected chi connectivity index (χ4v) is 9.39. The maximum Gasteiger partial charge on any atom is 0.130 e. The van der Waals surface area contributed by atoms with Crippen molar-refractivity contribution in [1.82, 2.24) is 6.15 Å². The summed E-state index contributed by atoms with van der Waals surface area (Å²) in [7, 11) is 3.36. The quantitative estimate of drug-likeness (QED) is 0.487. The highest BCUT2D eigenvalue weighted by atomic mass is 31.1. The number of ether oxygens (including phenoxy) is 2. The highest BCUT2D eigenvalue weighted by molar-refractivity contribution is 7.67. The Bertz CT molecular complexity index is 757. The zero-order valence-electron chi connectivity index (χ0n) is 18.5. The van der Waals surface area contributed by atoms with Gasteiger partial charge in [0, 0.05) is 6.15 Å². The van der Waals surface area contributed by atoms with Crippen molar-refractivity contribution in [2.75, 3.05) is 14.2 Å². The van der Waals surface area contributed by atoms with Gasteiger partial charge in [0.15, 0.2) is 0 Å². The molecule has 2 aliphatic rings. The van der Waals surface area contributed by atoms with E-state index in [1.807, 2.05) is 6.07 Å². The fraction of sp³-hybridized carbons (Fsp3) is 0.538. The van der Waals surface area contributed by atoms with Crippen molar-refractivity contribution in [3.05, 3.63) is 42.5 Å². The van der Waals surface area contributed by atoms with Crippen LogP contribution in [0.4, 0.5) is 0 Å². The topological polar surface area (TPSA) is 49.0 Å². The predicted molar refractivity (Wildman–Crippen MR) is 127 cm³/mol. The summed E-state index contributed by atoms with van der Waals surface area (Å²) in [5.74, 6) is 1.83. The Labute approximate surface area is 183 Å². The molecule has 2 aromatic rings. The molecule has 0 amide bonds. The number of benzene rings is 2.